The van der Waals surface area contributed by atoms with E-state index >= 15 is 0 Å². The third-order valence-corrected chi connectivity index (χ3v) is 3.59. The van der Waals surface area contributed by atoms with Crippen molar-refractivity contribution in [2.24, 2.45) is 0 Å². The zero-order chi connectivity index (χ0) is 12.0. The summed E-state index contributed by atoms with van der Waals surface area (Å²) in [5.41, 5.74) is 1.76. The van der Waals surface area contributed by atoms with E-state index < -0.39 is 0 Å². The molecule has 0 fully saturated rings. The third kappa shape index (κ3) is 3.08. The maximum Gasteiger partial charge on any atom is 0.00726 e. The first-order chi connectivity index (χ1) is 7.64. The maximum absolute atomic E-state index is 3.59. The van der Waals surface area contributed by atoms with Crippen LogP contribution in [0, 0.1) is 0 Å². The van der Waals surface area contributed by atoms with Crippen molar-refractivity contribution in [2.75, 3.05) is 6.54 Å². The molecule has 0 radical (unpaired) electrons. The number of hydrogen-bond donors (Lipinski definition) is 1. The Labute approximate surface area is 100 Å². The van der Waals surface area contributed by atoms with Crippen LogP contribution in [0.1, 0.15) is 46.1 Å². The summed E-state index contributed by atoms with van der Waals surface area (Å²) < 4.78 is 0. The number of hydrogen-bond acceptors (Lipinski definition) is 1. The summed E-state index contributed by atoms with van der Waals surface area (Å²) in [7, 11) is 0. The Morgan fingerprint density at radius 3 is 2.06 bits per heavy atom. The van der Waals surface area contributed by atoms with E-state index in [1.54, 1.807) is 0 Å². The van der Waals surface area contributed by atoms with Crippen LogP contribution in [0.5, 0.6) is 0 Å². The second-order valence-electron chi connectivity index (χ2n) is 4.89. The quantitative estimate of drug-likeness (QED) is 0.768. The lowest BCUT2D eigenvalue weighted by Gasteiger charge is -2.33. The molecule has 0 aliphatic rings. The van der Waals surface area contributed by atoms with Crippen LogP contribution in [0.3, 0.4) is 0 Å². The van der Waals surface area contributed by atoms with E-state index in [4.69, 9.17) is 0 Å². The Morgan fingerprint density at radius 2 is 1.62 bits per heavy atom. The smallest absolute Gasteiger partial charge is 0.00726 e. The highest BCUT2D eigenvalue weighted by atomic mass is 14.9. The van der Waals surface area contributed by atoms with Gasteiger partial charge in [0.15, 0.2) is 0 Å². The number of nitrogens with one attached hydrogen (secondary N) is 1. The molecule has 1 nitrogen and oxygen atoms in total. The van der Waals surface area contributed by atoms with E-state index in [1.165, 1.54) is 18.4 Å². The highest BCUT2D eigenvalue weighted by Crippen LogP contribution is 2.30. The van der Waals surface area contributed by atoms with E-state index in [9.17, 15) is 0 Å². The van der Waals surface area contributed by atoms with E-state index in [1.807, 2.05) is 0 Å². The first kappa shape index (κ1) is 13.2. The molecular formula is C15H25N. The molecule has 1 rings (SSSR count). The molecule has 0 atom stereocenters. The first-order valence-electron chi connectivity index (χ1n) is 6.43. The lowest BCUT2D eigenvalue weighted by atomic mass is 9.75. The van der Waals surface area contributed by atoms with Crippen LogP contribution in [-0.4, -0.2) is 12.6 Å². The van der Waals surface area contributed by atoms with Crippen LogP contribution in [0.15, 0.2) is 30.3 Å². The predicted octanol–water partition coefficient (Wildman–Crippen LogP) is 3.74. The Kier molecular flexibility index (Phi) is 5.01. The van der Waals surface area contributed by atoms with Gasteiger partial charge >= 0.3 is 0 Å². The minimum atomic E-state index is 0.297. The maximum atomic E-state index is 3.59. The zero-order valence-electron chi connectivity index (χ0n) is 11.1. The molecule has 0 saturated carbocycles. The van der Waals surface area contributed by atoms with Crippen LogP contribution in [0.2, 0.25) is 0 Å². The van der Waals surface area contributed by atoms with Gasteiger partial charge in [-0.1, -0.05) is 58.0 Å². The SMILES string of the molecule is CCC(CC)(CNC(C)C)c1ccccc1. The summed E-state index contributed by atoms with van der Waals surface area (Å²) in [6, 6.07) is 11.5. The van der Waals surface area contributed by atoms with Gasteiger partial charge in [-0.3, -0.25) is 0 Å². The molecule has 0 amide bonds. The molecular weight excluding hydrogens is 194 g/mol. The molecule has 1 heteroatoms. The van der Waals surface area contributed by atoms with Crippen molar-refractivity contribution in [1.82, 2.24) is 5.32 Å². The fraction of sp³-hybridized carbons (Fsp3) is 0.600. The van der Waals surface area contributed by atoms with Gasteiger partial charge in [-0.25, -0.2) is 0 Å². The molecule has 1 aromatic rings. The number of benzene rings is 1. The van der Waals surface area contributed by atoms with Crippen LogP contribution >= 0.6 is 0 Å². The summed E-state index contributed by atoms with van der Waals surface area (Å²) in [5, 5.41) is 3.59. The topological polar surface area (TPSA) is 12.0 Å². The molecule has 0 spiro atoms. The van der Waals surface area contributed by atoms with Gasteiger partial charge in [0.25, 0.3) is 0 Å². The second-order valence-corrected chi connectivity index (χ2v) is 4.89. The number of rotatable bonds is 6. The summed E-state index contributed by atoms with van der Waals surface area (Å²) in [5.74, 6) is 0. The molecule has 0 bridgehead atoms. The van der Waals surface area contributed by atoms with Crippen molar-refractivity contribution < 1.29 is 0 Å². The average molecular weight is 219 g/mol. The predicted molar refractivity (Wildman–Crippen MR) is 71.8 cm³/mol. The van der Waals surface area contributed by atoms with Crippen molar-refractivity contribution >= 4 is 0 Å². The Hall–Kier alpha value is -0.820. The van der Waals surface area contributed by atoms with Gasteiger partial charge < -0.3 is 5.32 Å². The summed E-state index contributed by atoms with van der Waals surface area (Å²) in [4.78, 5) is 0. The molecule has 16 heavy (non-hydrogen) atoms. The van der Waals surface area contributed by atoms with Crippen LogP contribution in [-0.2, 0) is 5.41 Å². The van der Waals surface area contributed by atoms with Gasteiger partial charge in [0.05, 0.1) is 0 Å². The van der Waals surface area contributed by atoms with Crippen LogP contribution < -0.4 is 5.32 Å². The molecule has 0 unspecified atom stereocenters. The van der Waals surface area contributed by atoms with Crippen LogP contribution in [0.25, 0.3) is 0 Å². The standard InChI is InChI=1S/C15H25N/c1-5-15(6-2,12-16-13(3)4)14-10-8-7-9-11-14/h7-11,13,16H,5-6,12H2,1-4H3. The van der Waals surface area contributed by atoms with Gasteiger partial charge in [0.1, 0.15) is 0 Å². The molecule has 0 aliphatic carbocycles. The normalized spacial score (nSPS) is 12.1. The minimum Gasteiger partial charge on any atom is -0.314 e. The Bertz CT molecular complexity index is 286. The largest absolute Gasteiger partial charge is 0.314 e. The zero-order valence-corrected chi connectivity index (χ0v) is 11.1. The van der Waals surface area contributed by atoms with E-state index in [-0.39, 0.29) is 0 Å². The van der Waals surface area contributed by atoms with Crippen molar-refractivity contribution in [2.45, 2.75) is 52.0 Å². The van der Waals surface area contributed by atoms with E-state index in [2.05, 4.69) is 63.3 Å². The van der Waals surface area contributed by atoms with Gasteiger partial charge in [0.2, 0.25) is 0 Å². The second kappa shape index (κ2) is 6.05. The van der Waals surface area contributed by atoms with Crippen molar-refractivity contribution in [3.63, 3.8) is 0 Å². The van der Waals surface area contributed by atoms with E-state index in [0.29, 0.717) is 11.5 Å². The monoisotopic (exact) mass is 219 g/mol. The fourth-order valence-electron chi connectivity index (χ4n) is 2.20. The minimum absolute atomic E-state index is 0.297. The van der Waals surface area contributed by atoms with Crippen molar-refractivity contribution in [3.8, 4) is 0 Å². The Balaban J connectivity index is 2.87. The van der Waals surface area contributed by atoms with Gasteiger partial charge in [0, 0.05) is 18.0 Å². The third-order valence-electron chi connectivity index (χ3n) is 3.59. The molecule has 0 heterocycles. The van der Waals surface area contributed by atoms with Crippen LogP contribution in [0.4, 0.5) is 0 Å². The summed E-state index contributed by atoms with van der Waals surface area (Å²) in [6.45, 7) is 10.1. The molecule has 1 N–H and O–H groups in total. The fourth-order valence-corrected chi connectivity index (χ4v) is 2.20. The molecule has 0 saturated heterocycles. The highest BCUT2D eigenvalue weighted by molar-refractivity contribution is 5.25. The molecule has 0 aromatic heterocycles. The van der Waals surface area contributed by atoms with Gasteiger partial charge in [-0.05, 0) is 18.4 Å². The lowest BCUT2D eigenvalue weighted by molar-refractivity contribution is 0.355. The summed E-state index contributed by atoms with van der Waals surface area (Å²) in [6.07, 6.45) is 2.38. The van der Waals surface area contributed by atoms with Gasteiger partial charge in [-0.15, -0.1) is 0 Å². The van der Waals surface area contributed by atoms with Crippen molar-refractivity contribution in [3.05, 3.63) is 35.9 Å². The molecule has 0 aliphatic heterocycles. The highest BCUT2D eigenvalue weighted by Gasteiger charge is 2.27. The van der Waals surface area contributed by atoms with E-state index in [0.717, 1.165) is 6.54 Å². The summed E-state index contributed by atoms with van der Waals surface area (Å²) >= 11 is 0. The average Bonchev–Trinajstić information content (AvgIpc) is 2.32. The van der Waals surface area contributed by atoms with Crippen molar-refractivity contribution in [1.29, 1.82) is 0 Å². The van der Waals surface area contributed by atoms with Gasteiger partial charge in [-0.2, -0.15) is 0 Å². The molecule has 1 aromatic carbocycles. The molecule has 90 valence electrons. The Morgan fingerprint density at radius 1 is 1.06 bits per heavy atom. The first-order valence-corrected chi connectivity index (χ1v) is 6.43. The lowest BCUT2D eigenvalue weighted by Crippen LogP contribution is -2.40.